The predicted molar refractivity (Wildman–Crippen MR) is 106 cm³/mol. The zero-order chi connectivity index (χ0) is 19.7. The number of benzene rings is 2. The van der Waals surface area contributed by atoms with Gasteiger partial charge in [0.2, 0.25) is 11.9 Å². The number of para-hydroxylation sites is 1. The van der Waals surface area contributed by atoms with Crippen LogP contribution in [0.15, 0.2) is 42.5 Å². The zero-order valence-corrected chi connectivity index (χ0v) is 15.5. The molecule has 2 heterocycles. The normalized spacial score (nSPS) is 12.5. The van der Waals surface area contributed by atoms with Crippen LogP contribution in [0.3, 0.4) is 0 Å². The summed E-state index contributed by atoms with van der Waals surface area (Å²) >= 11 is 0. The van der Waals surface area contributed by atoms with Crippen LogP contribution in [0.1, 0.15) is 10.4 Å². The monoisotopic (exact) mass is 380 g/mol. The van der Waals surface area contributed by atoms with E-state index in [9.17, 15) is 4.79 Å². The summed E-state index contributed by atoms with van der Waals surface area (Å²) in [6, 6.07) is 12.6. The molecule has 9 heteroatoms. The SMILES string of the molecule is CN(C)c1ccccc1C(=O)n1nc(Nc2ccc3c(c2)OCCO3)nc1N. The molecule has 0 radical (unpaired) electrons. The van der Waals surface area contributed by atoms with Crippen molar-refractivity contribution in [1.29, 1.82) is 0 Å². The minimum absolute atomic E-state index is 0.00129. The van der Waals surface area contributed by atoms with E-state index in [1.165, 1.54) is 0 Å². The maximum atomic E-state index is 12.9. The first-order valence-electron chi connectivity index (χ1n) is 8.73. The number of nitrogen functional groups attached to an aromatic ring is 1. The Morgan fingerprint density at radius 2 is 1.89 bits per heavy atom. The lowest BCUT2D eigenvalue weighted by Gasteiger charge is -2.18. The van der Waals surface area contributed by atoms with Crippen LogP contribution in [0.4, 0.5) is 23.3 Å². The number of anilines is 4. The number of hydrogen-bond acceptors (Lipinski definition) is 8. The number of aromatic nitrogens is 3. The van der Waals surface area contributed by atoms with Crippen molar-refractivity contribution in [3.8, 4) is 11.5 Å². The van der Waals surface area contributed by atoms with Gasteiger partial charge in [-0.2, -0.15) is 9.67 Å². The molecule has 0 unspecified atom stereocenters. The Balaban J connectivity index is 1.60. The summed E-state index contributed by atoms with van der Waals surface area (Å²) in [5.41, 5.74) is 7.89. The summed E-state index contributed by atoms with van der Waals surface area (Å²) in [7, 11) is 3.73. The number of ether oxygens (including phenoxy) is 2. The smallest absolute Gasteiger partial charge is 0.283 e. The summed E-state index contributed by atoms with van der Waals surface area (Å²) in [6.45, 7) is 1.02. The largest absolute Gasteiger partial charge is 0.486 e. The molecule has 0 saturated carbocycles. The van der Waals surface area contributed by atoms with Gasteiger partial charge < -0.3 is 25.4 Å². The first-order chi connectivity index (χ1) is 13.5. The van der Waals surface area contributed by atoms with Gasteiger partial charge in [-0.1, -0.05) is 12.1 Å². The van der Waals surface area contributed by atoms with Gasteiger partial charge in [0, 0.05) is 31.5 Å². The fourth-order valence-electron chi connectivity index (χ4n) is 2.94. The third-order valence-electron chi connectivity index (χ3n) is 4.24. The van der Waals surface area contributed by atoms with Gasteiger partial charge in [-0.15, -0.1) is 5.10 Å². The number of rotatable bonds is 4. The van der Waals surface area contributed by atoms with Gasteiger partial charge in [0.25, 0.3) is 5.91 Å². The van der Waals surface area contributed by atoms with E-state index < -0.39 is 0 Å². The Hall–Kier alpha value is -3.75. The van der Waals surface area contributed by atoms with Gasteiger partial charge in [0.15, 0.2) is 11.5 Å². The highest BCUT2D eigenvalue weighted by Crippen LogP contribution is 2.33. The number of nitrogens with zero attached hydrogens (tertiary/aromatic N) is 4. The lowest BCUT2D eigenvalue weighted by molar-refractivity contribution is 0.0948. The molecule has 1 aliphatic rings. The van der Waals surface area contributed by atoms with Crippen LogP contribution in [-0.2, 0) is 0 Å². The quantitative estimate of drug-likeness (QED) is 0.709. The standard InChI is InChI=1S/C19H20N6O3/c1-24(2)14-6-4-3-5-13(14)17(26)25-18(20)22-19(23-25)21-12-7-8-15-16(11-12)28-10-9-27-15/h3-8,11H,9-10H2,1-2H3,(H3,20,21,22,23). The lowest BCUT2D eigenvalue weighted by atomic mass is 10.1. The second kappa shape index (κ2) is 7.10. The van der Waals surface area contributed by atoms with Crippen molar-refractivity contribution in [2.75, 3.05) is 43.3 Å². The van der Waals surface area contributed by atoms with E-state index in [0.717, 1.165) is 10.4 Å². The maximum absolute atomic E-state index is 12.9. The summed E-state index contributed by atoms with van der Waals surface area (Å²) in [5, 5.41) is 7.26. The molecule has 144 valence electrons. The molecule has 9 nitrogen and oxygen atoms in total. The molecular formula is C19H20N6O3. The Morgan fingerprint density at radius 3 is 2.68 bits per heavy atom. The highest BCUT2D eigenvalue weighted by Gasteiger charge is 2.20. The average Bonchev–Trinajstić information content (AvgIpc) is 3.07. The van der Waals surface area contributed by atoms with Gasteiger partial charge in [-0.25, -0.2) is 0 Å². The first-order valence-corrected chi connectivity index (χ1v) is 8.73. The van der Waals surface area contributed by atoms with E-state index >= 15 is 0 Å². The number of nitrogens with one attached hydrogen (secondary N) is 1. The van der Waals surface area contributed by atoms with Crippen LogP contribution < -0.4 is 25.4 Å². The molecule has 1 aromatic heterocycles. The molecule has 1 aliphatic heterocycles. The van der Waals surface area contributed by atoms with E-state index in [0.29, 0.717) is 36.0 Å². The summed E-state index contributed by atoms with van der Waals surface area (Å²) in [5.74, 6) is 1.18. The minimum atomic E-state index is -0.357. The molecule has 28 heavy (non-hydrogen) atoms. The van der Waals surface area contributed by atoms with E-state index in [4.69, 9.17) is 15.2 Å². The fraction of sp³-hybridized carbons (Fsp3) is 0.211. The Bertz CT molecular complexity index is 1030. The number of carbonyl (C=O) groups excluding carboxylic acids is 1. The molecule has 0 aliphatic carbocycles. The molecule has 3 aromatic rings. The maximum Gasteiger partial charge on any atom is 0.283 e. The minimum Gasteiger partial charge on any atom is -0.486 e. The molecule has 4 rings (SSSR count). The molecule has 0 spiro atoms. The molecular weight excluding hydrogens is 360 g/mol. The number of nitrogens with two attached hydrogens (primary N) is 1. The van der Waals surface area contributed by atoms with Crippen molar-refractivity contribution in [2.45, 2.75) is 0 Å². The number of carbonyl (C=O) groups is 1. The molecule has 3 N–H and O–H groups in total. The molecule has 0 saturated heterocycles. The average molecular weight is 380 g/mol. The summed E-state index contributed by atoms with van der Waals surface area (Å²) in [4.78, 5) is 18.9. The van der Waals surface area contributed by atoms with Crippen LogP contribution in [0, 0.1) is 0 Å². The Morgan fingerprint density at radius 1 is 1.14 bits per heavy atom. The molecule has 0 bridgehead atoms. The number of hydrogen-bond donors (Lipinski definition) is 2. The summed E-state index contributed by atoms with van der Waals surface area (Å²) < 4.78 is 12.2. The van der Waals surface area contributed by atoms with Crippen molar-refractivity contribution in [3.05, 3.63) is 48.0 Å². The van der Waals surface area contributed by atoms with Gasteiger partial charge in [0.05, 0.1) is 5.56 Å². The predicted octanol–water partition coefficient (Wildman–Crippen LogP) is 2.13. The van der Waals surface area contributed by atoms with Crippen molar-refractivity contribution in [1.82, 2.24) is 14.8 Å². The van der Waals surface area contributed by atoms with E-state index in [1.54, 1.807) is 24.3 Å². The highest BCUT2D eigenvalue weighted by molar-refractivity contribution is 6.01. The Labute approximate surface area is 161 Å². The summed E-state index contributed by atoms with van der Waals surface area (Å²) in [6.07, 6.45) is 0. The van der Waals surface area contributed by atoms with Crippen molar-refractivity contribution >= 4 is 29.2 Å². The van der Waals surface area contributed by atoms with Crippen molar-refractivity contribution < 1.29 is 14.3 Å². The first kappa shape index (κ1) is 17.7. The van der Waals surface area contributed by atoms with Gasteiger partial charge in [0.1, 0.15) is 13.2 Å². The zero-order valence-electron chi connectivity index (χ0n) is 15.5. The third-order valence-corrected chi connectivity index (χ3v) is 4.24. The second-order valence-corrected chi connectivity index (χ2v) is 6.41. The lowest BCUT2D eigenvalue weighted by Crippen LogP contribution is -2.20. The van der Waals surface area contributed by atoms with Crippen LogP contribution >= 0.6 is 0 Å². The van der Waals surface area contributed by atoms with Crippen molar-refractivity contribution in [2.24, 2.45) is 0 Å². The van der Waals surface area contributed by atoms with Gasteiger partial charge >= 0.3 is 0 Å². The fourth-order valence-corrected chi connectivity index (χ4v) is 2.94. The molecule has 0 fully saturated rings. The van der Waals surface area contributed by atoms with E-state index in [-0.39, 0.29) is 17.8 Å². The molecule has 0 atom stereocenters. The highest BCUT2D eigenvalue weighted by atomic mass is 16.6. The van der Waals surface area contributed by atoms with Crippen molar-refractivity contribution in [3.63, 3.8) is 0 Å². The molecule has 0 amide bonds. The number of fused-ring (bicyclic) bond motifs is 1. The van der Waals surface area contributed by atoms with Gasteiger partial charge in [-0.05, 0) is 24.3 Å². The third kappa shape index (κ3) is 3.29. The van der Waals surface area contributed by atoms with Crippen LogP contribution in [0.25, 0.3) is 0 Å². The van der Waals surface area contributed by atoms with Gasteiger partial charge in [-0.3, -0.25) is 4.79 Å². The van der Waals surface area contributed by atoms with Crippen LogP contribution in [-0.4, -0.2) is 48.0 Å². The van der Waals surface area contributed by atoms with E-state index in [1.807, 2.05) is 37.2 Å². The Kier molecular flexibility index (Phi) is 4.48. The topological polar surface area (TPSA) is 108 Å². The van der Waals surface area contributed by atoms with Crippen LogP contribution in [0.2, 0.25) is 0 Å². The van der Waals surface area contributed by atoms with E-state index in [2.05, 4.69) is 15.4 Å². The van der Waals surface area contributed by atoms with Crippen LogP contribution in [0.5, 0.6) is 11.5 Å². The second-order valence-electron chi connectivity index (χ2n) is 6.41. The molecule has 2 aromatic carbocycles.